The van der Waals surface area contributed by atoms with Gasteiger partial charge >= 0.3 is 0 Å². The first-order valence-electron chi connectivity index (χ1n) is 9.77. The van der Waals surface area contributed by atoms with Gasteiger partial charge in [0.1, 0.15) is 0 Å². The number of likely N-dealkylation sites (tertiary alicyclic amines) is 1. The highest BCUT2D eigenvalue weighted by molar-refractivity contribution is 9.10. The summed E-state index contributed by atoms with van der Waals surface area (Å²) in [6.07, 6.45) is 2.04. The van der Waals surface area contributed by atoms with Crippen LogP contribution in [0.1, 0.15) is 24.0 Å². The van der Waals surface area contributed by atoms with Gasteiger partial charge in [0.25, 0.3) is 0 Å². The number of amides is 1. The van der Waals surface area contributed by atoms with E-state index < -0.39 is 0 Å². The number of rotatable bonds is 8. The molecule has 1 atom stereocenters. The molecule has 1 unspecified atom stereocenters. The van der Waals surface area contributed by atoms with Crippen LogP contribution >= 0.6 is 50.9 Å². The summed E-state index contributed by atoms with van der Waals surface area (Å²) in [5.41, 5.74) is 2.42. The monoisotopic (exact) mass is 514 g/mol. The number of carbonyl (C=O) groups excluding carboxylic acids is 1. The van der Waals surface area contributed by atoms with E-state index in [1.807, 2.05) is 24.3 Å². The predicted molar refractivity (Wildman–Crippen MR) is 128 cm³/mol. The molecule has 1 saturated heterocycles. The van der Waals surface area contributed by atoms with Gasteiger partial charge < -0.3 is 5.32 Å². The molecule has 3 nitrogen and oxygen atoms in total. The minimum atomic E-state index is 0.0796. The molecule has 1 N–H and O–H groups in total. The Bertz CT molecular complexity index is 836. The smallest absolute Gasteiger partial charge is 0.224 e. The highest BCUT2D eigenvalue weighted by Gasteiger charge is 2.25. The third-order valence-electron chi connectivity index (χ3n) is 4.97. The third kappa shape index (κ3) is 7.48. The molecule has 0 saturated carbocycles. The molecule has 156 valence electrons. The number of nitrogens with zero attached hydrogens (tertiary/aromatic N) is 1. The largest absolute Gasteiger partial charge is 0.355 e. The van der Waals surface area contributed by atoms with E-state index in [1.54, 1.807) is 11.8 Å². The van der Waals surface area contributed by atoms with Crippen molar-refractivity contribution in [1.29, 1.82) is 0 Å². The van der Waals surface area contributed by atoms with E-state index in [9.17, 15) is 4.79 Å². The van der Waals surface area contributed by atoms with Crippen molar-refractivity contribution in [2.24, 2.45) is 5.92 Å². The molecule has 1 aliphatic heterocycles. The van der Waals surface area contributed by atoms with E-state index in [4.69, 9.17) is 23.2 Å². The molecule has 1 fully saturated rings. The molecule has 1 aliphatic rings. The maximum Gasteiger partial charge on any atom is 0.224 e. The fourth-order valence-electron chi connectivity index (χ4n) is 3.52. The summed E-state index contributed by atoms with van der Waals surface area (Å²) in [6.45, 7) is 3.46. The van der Waals surface area contributed by atoms with Crippen molar-refractivity contribution in [3.05, 3.63) is 68.1 Å². The highest BCUT2D eigenvalue weighted by atomic mass is 79.9. The van der Waals surface area contributed by atoms with Gasteiger partial charge in [0.2, 0.25) is 5.91 Å². The van der Waals surface area contributed by atoms with Crippen LogP contribution in [0, 0.1) is 5.92 Å². The summed E-state index contributed by atoms with van der Waals surface area (Å²) in [7, 11) is 0. The van der Waals surface area contributed by atoms with Gasteiger partial charge in [-0.15, -0.1) is 0 Å². The molecule has 2 aromatic rings. The number of piperidine rings is 1. The Kier molecular flexibility index (Phi) is 9.19. The normalized spacial score (nSPS) is 17.3. The second kappa shape index (κ2) is 11.6. The molecule has 7 heteroatoms. The molecule has 0 aromatic heterocycles. The molecule has 1 amide bonds. The van der Waals surface area contributed by atoms with Crippen LogP contribution in [0.3, 0.4) is 0 Å². The van der Waals surface area contributed by atoms with Crippen LogP contribution in [-0.2, 0) is 17.1 Å². The molecule has 29 heavy (non-hydrogen) atoms. The number of benzene rings is 2. The number of hydrogen-bond donors (Lipinski definition) is 1. The Morgan fingerprint density at radius 2 is 2.03 bits per heavy atom. The first-order valence-corrected chi connectivity index (χ1v) is 12.5. The number of hydrogen-bond acceptors (Lipinski definition) is 3. The van der Waals surface area contributed by atoms with Crippen molar-refractivity contribution in [3.8, 4) is 0 Å². The van der Waals surface area contributed by atoms with E-state index in [0.29, 0.717) is 16.6 Å². The summed E-state index contributed by atoms with van der Waals surface area (Å²) < 4.78 is 1.10. The average molecular weight is 516 g/mol. The van der Waals surface area contributed by atoms with Crippen molar-refractivity contribution < 1.29 is 4.79 Å². The summed E-state index contributed by atoms with van der Waals surface area (Å²) >= 11 is 17.3. The molecular formula is C22H25BrCl2N2OS. The first-order chi connectivity index (χ1) is 14.0. The van der Waals surface area contributed by atoms with E-state index in [2.05, 4.69) is 44.3 Å². The SMILES string of the molecule is O=C(NCCSCc1ccc(Cl)c(Cl)c1)C1CCCN(Cc2cccc(Br)c2)C1. The molecule has 0 radical (unpaired) electrons. The molecule has 0 bridgehead atoms. The Labute approximate surface area is 195 Å². The van der Waals surface area contributed by atoms with Crippen LogP contribution in [0.25, 0.3) is 0 Å². The summed E-state index contributed by atoms with van der Waals surface area (Å²) in [4.78, 5) is 15.0. The van der Waals surface area contributed by atoms with Gasteiger partial charge in [0.15, 0.2) is 0 Å². The maximum absolute atomic E-state index is 12.6. The number of thioether (sulfide) groups is 1. The topological polar surface area (TPSA) is 32.3 Å². The molecule has 2 aromatic carbocycles. The second-order valence-electron chi connectivity index (χ2n) is 7.30. The quantitative estimate of drug-likeness (QED) is 0.436. The van der Waals surface area contributed by atoms with Gasteiger partial charge in [-0.1, -0.05) is 57.3 Å². The standard InChI is InChI=1S/C22H25BrCl2N2OS/c23-19-5-1-3-16(11-19)13-27-9-2-4-18(14-27)22(28)26-8-10-29-15-17-6-7-20(24)21(25)12-17/h1,3,5-7,11-12,18H,2,4,8-10,13-15H2,(H,26,28). The van der Waals surface area contributed by atoms with Gasteiger partial charge in [-0.2, -0.15) is 11.8 Å². The van der Waals surface area contributed by atoms with Crippen molar-refractivity contribution in [2.45, 2.75) is 25.1 Å². The Morgan fingerprint density at radius 1 is 1.17 bits per heavy atom. The highest BCUT2D eigenvalue weighted by Crippen LogP contribution is 2.24. The maximum atomic E-state index is 12.6. The fraction of sp³-hybridized carbons (Fsp3) is 0.409. The number of halogens is 3. The summed E-state index contributed by atoms with van der Waals surface area (Å²) in [5, 5.41) is 4.28. The van der Waals surface area contributed by atoms with Gasteiger partial charge in [-0.05, 0) is 54.8 Å². The zero-order valence-corrected chi connectivity index (χ0v) is 20.1. The van der Waals surface area contributed by atoms with Crippen LogP contribution in [0.4, 0.5) is 0 Å². The second-order valence-corrected chi connectivity index (χ2v) is 10.1. The van der Waals surface area contributed by atoms with Crippen LogP contribution in [0.5, 0.6) is 0 Å². The zero-order chi connectivity index (χ0) is 20.6. The van der Waals surface area contributed by atoms with Crippen LogP contribution in [0.15, 0.2) is 46.9 Å². The van der Waals surface area contributed by atoms with Crippen LogP contribution in [0.2, 0.25) is 10.0 Å². The lowest BCUT2D eigenvalue weighted by molar-refractivity contribution is -0.126. The lowest BCUT2D eigenvalue weighted by Gasteiger charge is -2.32. The lowest BCUT2D eigenvalue weighted by atomic mass is 9.96. The van der Waals surface area contributed by atoms with E-state index in [0.717, 1.165) is 54.0 Å². The van der Waals surface area contributed by atoms with E-state index in [1.165, 1.54) is 5.56 Å². The van der Waals surface area contributed by atoms with Crippen LogP contribution in [-0.4, -0.2) is 36.2 Å². The predicted octanol–water partition coefficient (Wildman–Crippen LogP) is 6.02. The minimum absolute atomic E-state index is 0.0796. The molecule has 0 aliphatic carbocycles. The molecular weight excluding hydrogens is 491 g/mol. The van der Waals surface area contributed by atoms with Crippen molar-refractivity contribution in [2.75, 3.05) is 25.4 Å². The lowest BCUT2D eigenvalue weighted by Crippen LogP contribution is -2.43. The Balaban J connectivity index is 1.37. The fourth-order valence-corrected chi connectivity index (χ4v) is 5.09. The third-order valence-corrected chi connectivity index (χ3v) is 7.23. The molecule has 1 heterocycles. The first kappa shape index (κ1) is 23.0. The minimum Gasteiger partial charge on any atom is -0.355 e. The van der Waals surface area contributed by atoms with Crippen LogP contribution < -0.4 is 5.32 Å². The van der Waals surface area contributed by atoms with E-state index in [-0.39, 0.29) is 11.8 Å². The van der Waals surface area contributed by atoms with Crippen molar-refractivity contribution in [1.82, 2.24) is 10.2 Å². The molecule has 0 spiro atoms. The van der Waals surface area contributed by atoms with Gasteiger partial charge in [0.05, 0.1) is 16.0 Å². The number of nitrogens with one attached hydrogen (secondary N) is 1. The van der Waals surface area contributed by atoms with Gasteiger partial charge in [-0.3, -0.25) is 9.69 Å². The van der Waals surface area contributed by atoms with Gasteiger partial charge in [-0.25, -0.2) is 0 Å². The summed E-state index contributed by atoms with van der Waals surface area (Å²) in [6, 6.07) is 14.1. The summed E-state index contributed by atoms with van der Waals surface area (Å²) in [5.74, 6) is 1.99. The van der Waals surface area contributed by atoms with Gasteiger partial charge in [0, 0.05) is 35.6 Å². The molecule has 3 rings (SSSR count). The van der Waals surface area contributed by atoms with E-state index >= 15 is 0 Å². The zero-order valence-electron chi connectivity index (χ0n) is 16.2. The Morgan fingerprint density at radius 3 is 2.83 bits per heavy atom. The average Bonchev–Trinajstić information content (AvgIpc) is 2.70. The Hall–Kier alpha value is -0.720. The van der Waals surface area contributed by atoms with Crippen molar-refractivity contribution in [3.63, 3.8) is 0 Å². The van der Waals surface area contributed by atoms with Crippen molar-refractivity contribution >= 4 is 56.8 Å². The number of carbonyl (C=O) groups is 1.